The van der Waals surface area contributed by atoms with Gasteiger partial charge in [-0.25, -0.2) is 0 Å². The molecule has 264 valence electrons. The van der Waals surface area contributed by atoms with Gasteiger partial charge in [0.15, 0.2) is 5.78 Å². The number of hydrogen-bond donors (Lipinski definition) is 6. The second kappa shape index (κ2) is 16.8. The highest BCUT2D eigenvalue weighted by Gasteiger charge is 2.42. The van der Waals surface area contributed by atoms with Crippen molar-refractivity contribution in [3.05, 3.63) is 60.1 Å². The van der Waals surface area contributed by atoms with E-state index in [4.69, 9.17) is 12.3 Å². The number of nitrogens with two attached hydrogens (primary N) is 1. The second-order valence-corrected chi connectivity index (χ2v) is 14.7. The number of nitrogens with one attached hydrogen (secondary N) is 5. The van der Waals surface area contributed by atoms with E-state index in [1.54, 1.807) is 32.0 Å². The Kier molecular flexibility index (Phi) is 13.9. The first-order chi connectivity index (χ1) is 22.2. The largest absolute Gasteiger partial charge is 0.361 e. The first-order valence-corrected chi connectivity index (χ1v) is 16.7. The third-order valence-corrected chi connectivity index (χ3v) is 9.01. The number of amides is 3. The molecule has 0 radical (unpaired) electrons. The summed E-state index contributed by atoms with van der Waals surface area (Å²) in [6.07, 6.45) is 4.68. The van der Waals surface area contributed by atoms with Crippen molar-refractivity contribution in [2.45, 2.75) is 105 Å². The Hall–Kier alpha value is -4.21. The van der Waals surface area contributed by atoms with Crippen molar-refractivity contribution < 1.29 is 19.2 Å². The van der Waals surface area contributed by atoms with Crippen molar-refractivity contribution in [3.8, 4) is 0 Å². The maximum absolute atomic E-state index is 14.2. The van der Waals surface area contributed by atoms with Crippen LogP contribution in [0.2, 0.25) is 0 Å². The zero-order valence-electron chi connectivity index (χ0n) is 30.7. The number of benzene rings is 1. The lowest BCUT2D eigenvalue weighted by Gasteiger charge is -2.39. The molecule has 0 aliphatic rings. The minimum Gasteiger partial charge on any atom is -0.361 e. The van der Waals surface area contributed by atoms with E-state index in [0.29, 0.717) is 25.0 Å². The topological polar surface area (TPSA) is 161 Å². The fourth-order valence-electron chi connectivity index (χ4n) is 6.08. The monoisotopic (exact) mass is 664 g/mol. The number of ketones is 1. The van der Waals surface area contributed by atoms with Gasteiger partial charge in [0.05, 0.1) is 18.1 Å². The van der Waals surface area contributed by atoms with E-state index in [1.807, 2.05) is 78.9 Å². The highest BCUT2D eigenvalue weighted by molar-refractivity contribution is 5.97. The fourth-order valence-corrected chi connectivity index (χ4v) is 6.08. The molecule has 1 heterocycles. The fraction of sp³-hybridized carbons (Fsp3) is 0.568. The van der Waals surface area contributed by atoms with E-state index in [-0.39, 0.29) is 29.3 Å². The van der Waals surface area contributed by atoms with Crippen LogP contribution in [0.1, 0.15) is 80.7 Å². The Morgan fingerprint density at radius 1 is 1.02 bits per heavy atom. The van der Waals surface area contributed by atoms with Gasteiger partial charge in [-0.2, -0.15) is 0 Å². The summed E-state index contributed by atoms with van der Waals surface area (Å²) in [5.74, 6) is -1.08. The summed E-state index contributed by atoms with van der Waals surface area (Å²) in [6.45, 7) is 22.7. The van der Waals surface area contributed by atoms with Gasteiger partial charge in [-0.05, 0) is 56.7 Å². The van der Waals surface area contributed by atoms with Crippen LogP contribution in [0.25, 0.3) is 10.9 Å². The molecule has 0 spiro atoms. The van der Waals surface area contributed by atoms with Crippen LogP contribution in [0.3, 0.4) is 0 Å². The molecule has 0 aliphatic heterocycles. The van der Waals surface area contributed by atoms with Gasteiger partial charge in [0.25, 0.3) is 6.58 Å². The number of hydrogen-bond acceptors (Lipinski definition) is 7. The summed E-state index contributed by atoms with van der Waals surface area (Å²) < 4.78 is 0. The molecule has 11 heteroatoms. The smallest absolute Gasteiger partial charge is 0.344 e. The first-order valence-electron chi connectivity index (χ1n) is 16.7. The van der Waals surface area contributed by atoms with Crippen molar-refractivity contribution >= 4 is 34.4 Å². The van der Waals surface area contributed by atoms with Gasteiger partial charge < -0.3 is 36.9 Å². The molecule has 0 saturated heterocycles. The van der Waals surface area contributed by atoms with Crippen LogP contribution >= 0.6 is 0 Å². The number of aromatic nitrogens is 1. The average molecular weight is 665 g/mol. The van der Waals surface area contributed by atoms with Gasteiger partial charge in [0, 0.05) is 41.7 Å². The molecule has 1 aromatic carbocycles. The summed E-state index contributed by atoms with van der Waals surface area (Å²) in [7, 11) is 3.44. The number of likely N-dealkylation sites (N-methyl/N-ethyl adjacent to an activating group) is 2. The van der Waals surface area contributed by atoms with Gasteiger partial charge in [-0.15, -0.1) is 0 Å². The van der Waals surface area contributed by atoms with Crippen LogP contribution in [0.5, 0.6) is 0 Å². The lowest BCUT2D eigenvalue weighted by molar-refractivity contribution is -0.140. The summed E-state index contributed by atoms with van der Waals surface area (Å²) in [4.78, 5) is 58.6. The quantitative estimate of drug-likeness (QED) is 0.0855. The molecule has 0 fully saturated rings. The Labute approximate surface area is 286 Å². The second-order valence-electron chi connectivity index (χ2n) is 14.7. The van der Waals surface area contributed by atoms with Crippen molar-refractivity contribution in [3.63, 3.8) is 0 Å². The molecule has 2 aromatic rings. The molecule has 1 unspecified atom stereocenters. The summed E-state index contributed by atoms with van der Waals surface area (Å²) in [6, 6.07) is 5.32. The lowest BCUT2D eigenvalue weighted by Crippen LogP contribution is -2.61. The van der Waals surface area contributed by atoms with Gasteiger partial charge in [-0.3, -0.25) is 19.2 Å². The van der Waals surface area contributed by atoms with Gasteiger partial charge in [0.1, 0.15) is 6.04 Å². The SMILES string of the molecule is [CH+]=C(N)NCCC[C@H](NC(=O)/C(C)=C/C(C(C)C)N(C)C(=O)[C@@H](NC(=O)[C@@H](NC)C(C)(C)c1c[nH]c2ccccc12)C(C)(C)C)C(C)=O. The molecular formula is C37H58N7O4+. The number of H-pyrrole nitrogens is 1. The predicted molar refractivity (Wildman–Crippen MR) is 193 cm³/mol. The maximum atomic E-state index is 14.2. The van der Waals surface area contributed by atoms with Crippen molar-refractivity contribution in [1.29, 1.82) is 0 Å². The predicted octanol–water partition coefficient (Wildman–Crippen LogP) is 3.67. The molecule has 11 nitrogen and oxygen atoms in total. The number of Topliss-reactive ketones (excluding diaryl/α,β-unsaturated/α-hetero) is 1. The van der Waals surface area contributed by atoms with Crippen LogP contribution in [0, 0.1) is 17.9 Å². The number of rotatable bonds is 17. The molecule has 0 saturated carbocycles. The van der Waals surface area contributed by atoms with Gasteiger partial charge in [-0.1, -0.05) is 72.7 Å². The minimum absolute atomic E-state index is 0.0588. The highest BCUT2D eigenvalue weighted by atomic mass is 16.2. The van der Waals surface area contributed by atoms with E-state index in [0.717, 1.165) is 16.5 Å². The van der Waals surface area contributed by atoms with E-state index >= 15 is 0 Å². The molecule has 0 bridgehead atoms. The maximum Gasteiger partial charge on any atom is 0.344 e. The minimum atomic E-state index is -0.857. The summed E-state index contributed by atoms with van der Waals surface area (Å²) >= 11 is 0. The molecule has 3 amide bonds. The van der Waals surface area contributed by atoms with Gasteiger partial charge in [0.2, 0.25) is 17.7 Å². The standard InChI is InChI=1S/C37H57N7O4/c1-22(2)30(20-23(3)33(46)42-28(24(4)45)18-15-19-40-25(5)38)44(12)35(48)32(36(6,7)8)43-34(47)31(39-11)37(9,10)27-21-41-29-17-14-13-16-26(27)29/h5,13-14,16-17,20-22,28,30-32,39-41H,15,18-19,38H2,1-4,6-12H3,(H-,42,43,46,47)/p+1/b23-20+/t28-,30?,31+,32+/m0/s1. The Morgan fingerprint density at radius 2 is 1.65 bits per heavy atom. The number of fused-ring (bicyclic) bond motifs is 1. The summed E-state index contributed by atoms with van der Waals surface area (Å²) in [5.41, 5.74) is 6.53. The molecule has 48 heavy (non-hydrogen) atoms. The number of nitrogens with zero attached hydrogens (tertiary/aromatic N) is 1. The van der Waals surface area contributed by atoms with Crippen molar-refractivity contribution in [2.24, 2.45) is 17.1 Å². The van der Waals surface area contributed by atoms with Crippen LogP contribution in [-0.2, 0) is 24.6 Å². The molecule has 2 rings (SSSR count). The molecule has 1 aromatic heterocycles. The molecular weight excluding hydrogens is 606 g/mol. The number of carbonyl (C=O) groups excluding carboxylic acids is 4. The third-order valence-electron chi connectivity index (χ3n) is 9.01. The normalized spacial score (nSPS) is 14.9. The van der Waals surface area contributed by atoms with E-state index in [9.17, 15) is 19.2 Å². The third kappa shape index (κ3) is 10.1. The first kappa shape index (κ1) is 40.0. The highest BCUT2D eigenvalue weighted by Crippen LogP contribution is 2.34. The molecule has 7 N–H and O–H groups in total. The summed E-state index contributed by atoms with van der Waals surface area (Å²) in [5, 5.41) is 12.9. The van der Waals surface area contributed by atoms with Crippen LogP contribution in [0.4, 0.5) is 0 Å². The molecule has 4 atom stereocenters. The average Bonchev–Trinajstić information content (AvgIpc) is 3.43. The van der Waals surface area contributed by atoms with E-state index in [1.165, 1.54) is 6.92 Å². The Balaban J connectivity index is 2.29. The van der Waals surface area contributed by atoms with Crippen molar-refractivity contribution in [1.82, 2.24) is 31.2 Å². The number of para-hydroxylation sites is 1. The van der Waals surface area contributed by atoms with Crippen LogP contribution in [0.15, 0.2) is 47.9 Å². The van der Waals surface area contributed by atoms with Crippen LogP contribution < -0.4 is 27.0 Å². The van der Waals surface area contributed by atoms with E-state index < -0.39 is 40.9 Å². The lowest BCUT2D eigenvalue weighted by atomic mass is 9.76. The Morgan fingerprint density at radius 3 is 2.19 bits per heavy atom. The molecule has 0 aliphatic carbocycles. The Bertz CT molecular complexity index is 1480. The zero-order valence-corrected chi connectivity index (χ0v) is 30.7. The number of carbonyl (C=O) groups is 4. The van der Waals surface area contributed by atoms with Gasteiger partial charge >= 0.3 is 5.82 Å². The zero-order chi connectivity index (χ0) is 36.6. The van der Waals surface area contributed by atoms with Crippen molar-refractivity contribution in [2.75, 3.05) is 20.6 Å². The van der Waals surface area contributed by atoms with Crippen LogP contribution in [-0.4, -0.2) is 78.2 Å². The number of aromatic amines is 1. The van der Waals surface area contributed by atoms with E-state index in [2.05, 4.69) is 26.3 Å².